The van der Waals surface area contributed by atoms with Crippen LogP contribution in [-0.2, 0) is 0 Å². The van der Waals surface area contributed by atoms with Crippen molar-refractivity contribution in [2.24, 2.45) is 0 Å². The van der Waals surface area contributed by atoms with E-state index in [2.05, 4.69) is 25.7 Å². The lowest BCUT2D eigenvalue weighted by Crippen LogP contribution is -2.17. The van der Waals surface area contributed by atoms with Crippen LogP contribution in [0.15, 0.2) is 41.1 Å². The highest BCUT2D eigenvalue weighted by molar-refractivity contribution is 9.10. The number of nitrogens with zero attached hydrogens (tertiary/aromatic N) is 1. The molecule has 0 spiro atoms. The van der Waals surface area contributed by atoms with E-state index < -0.39 is 6.36 Å². The van der Waals surface area contributed by atoms with Crippen LogP contribution in [-0.4, -0.2) is 11.3 Å². The van der Waals surface area contributed by atoms with E-state index >= 15 is 0 Å². The SMILES string of the molecule is Cc1cnccc1Oc1ccc(OC(F)(F)F)c(Br)c1. The van der Waals surface area contributed by atoms with Crippen molar-refractivity contribution >= 4 is 15.9 Å². The summed E-state index contributed by atoms with van der Waals surface area (Å²) < 4.78 is 46.0. The summed E-state index contributed by atoms with van der Waals surface area (Å²) >= 11 is 3.01. The number of hydrogen-bond donors (Lipinski definition) is 0. The van der Waals surface area contributed by atoms with Gasteiger partial charge in [-0.3, -0.25) is 4.98 Å². The number of benzene rings is 1. The third kappa shape index (κ3) is 3.86. The van der Waals surface area contributed by atoms with Crippen LogP contribution in [0.2, 0.25) is 0 Å². The van der Waals surface area contributed by atoms with Gasteiger partial charge in [0.2, 0.25) is 0 Å². The highest BCUT2D eigenvalue weighted by Gasteiger charge is 2.32. The van der Waals surface area contributed by atoms with Gasteiger partial charge >= 0.3 is 6.36 Å². The molecule has 0 amide bonds. The molecule has 20 heavy (non-hydrogen) atoms. The summed E-state index contributed by atoms with van der Waals surface area (Å²) in [6.07, 6.45) is -1.53. The molecule has 0 aliphatic carbocycles. The number of alkyl halides is 3. The first-order valence-electron chi connectivity index (χ1n) is 5.49. The van der Waals surface area contributed by atoms with Crippen molar-refractivity contribution in [3.63, 3.8) is 0 Å². The molecule has 0 atom stereocenters. The zero-order chi connectivity index (χ0) is 14.8. The number of ether oxygens (including phenoxy) is 2. The molecule has 0 bridgehead atoms. The lowest BCUT2D eigenvalue weighted by atomic mass is 10.3. The van der Waals surface area contributed by atoms with Gasteiger partial charge in [0.15, 0.2) is 0 Å². The fourth-order valence-corrected chi connectivity index (χ4v) is 1.89. The predicted molar refractivity (Wildman–Crippen MR) is 69.9 cm³/mol. The van der Waals surface area contributed by atoms with E-state index in [4.69, 9.17) is 4.74 Å². The van der Waals surface area contributed by atoms with Crippen LogP contribution >= 0.6 is 15.9 Å². The Morgan fingerprint density at radius 2 is 1.90 bits per heavy atom. The minimum atomic E-state index is -4.73. The first-order chi connectivity index (χ1) is 9.35. The molecular weight excluding hydrogens is 339 g/mol. The summed E-state index contributed by atoms with van der Waals surface area (Å²) in [7, 11) is 0. The van der Waals surface area contributed by atoms with Crippen LogP contribution in [0.25, 0.3) is 0 Å². The monoisotopic (exact) mass is 347 g/mol. The van der Waals surface area contributed by atoms with Crippen molar-refractivity contribution in [1.29, 1.82) is 0 Å². The van der Waals surface area contributed by atoms with E-state index in [1.54, 1.807) is 18.5 Å². The van der Waals surface area contributed by atoms with Crippen LogP contribution in [0.1, 0.15) is 5.56 Å². The number of aryl methyl sites for hydroxylation is 1. The standard InChI is InChI=1S/C13H9BrF3NO2/c1-8-7-18-5-4-11(8)19-9-2-3-12(10(14)6-9)20-13(15,16)17/h2-7H,1H3. The van der Waals surface area contributed by atoms with Crippen molar-refractivity contribution < 1.29 is 22.6 Å². The topological polar surface area (TPSA) is 31.4 Å². The molecule has 106 valence electrons. The van der Waals surface area contributed by atoms with Crippen LogP contribution in [0.5, 0.6) is 17.2 Å². The summed E-state index contributed by atoms with van der Waals surface area (Å²) in [6.45, 7) is 1.82. The normalized spacial score (nSPS) is 11.2. The van der Waals surface area contributed by atoms with Gasteiger partial charge in [-0.25, -0.2) is 0 Å². The quantitative estimate of drug-likeness (QED) is 0.795. The second-order valence-electron chi connectivity index (χ2n) is 3.88. The minimum absolute atomic E-state index is 0.152. The maximum absolute atomic E-state index is 12.1. The number of hydrogen-bond acceptors (Lipinski definition) is 3. The van der Waals surface area contributed by atoms with Gasteiger partial charge < -0.3 is 9.47 Å². The Kier molecular flexibility index (Phi) is 4.17. The van der Waals surface area contributed by atoms with Gasteiger partial charge in [-0.1, -0.05) is 0 Å². The molecule has 0 unspecified atom stereocenters. The highest BCUT2D eigenvalue weighted by Crippen LogP contribution is 2.35. The Morgan fingerprint density at radius 1 is 1.15 bits per heavy atom. The van der Waals surface area contributed by atoms with Gasteiger partial charge in [0.25, 0.3) is 0 Å². The molecule has 1 aromatic heterocycles. The second-order valence-corrected chi connectivity index (χ2v) is 4.74. The molecule has 0 aliphatic heterocycles. The predicted octanol–water partition coefficient (Wildman–Crippen LogP) is 4.84. The van der Waals surface area contributed by atoms with E-state index in [1.165, 1.54) is 18.2 Å². The maximum atomic E-state index is 12.1. The van der Waals surface area contributed by atoms with Crippen molar-refractivity contribution in [1.82, 2.24) is 4.98 Å². The Labute approximate surface area is 121 Å². The molecule has 1 aromatic carbocycles. The van der Waals surface area contributed by atoms with E-state index in [1.807, 2.05) is 6.92 Å². The lowest BCUT2D eigenvalue weighted by Gasteiger charge is -2.12. The summed E-state index contributed by atoms with van der Waals surface area (Å²) in [6, 6.07) is 5.65. The van der Waals surface area contributed by atoms with E-state index in [-0.39, 0.29) is 10.2 Å². The average Bonchev–Trinajstić information content (AvgIpc) is 2.34. The molecule has 0 saturated heterocycles. The van der Waals surface area contributed by atoms with Crippen molar-refractivity contribution in [2.45, 2.75) is 13.3 Å². The number of halogens is 4. The van der Waals surface area contributed by atoms with Gasteiger partial charge in [-0.05, 0) is 47.1 Å². The molecule has 0 saturated carbocycles. The minimum Gasteiger partial charge on any atom is -0.457 e. The number of aromatic nitrogens is 1. The van der Waals surface area contributed by atoms with Crippen LogP contribution < -0.4 is 9.47 Å². The Morgan fingerprint density at radius 3 is 2.50 bits per heavy atom. The molecule has 3 nitrogen and oxygen atoms in total. The summed E-state index contributed by atoms with van der Waals surface area (Å²) in [5.74, 6) is 0.647. The third-order valence-corrected chi connectivity index (χ3v) is 2.95. The van der Waals surface area contributed by atoms with Crippen LogP contribution in [0.4, 0.5) is 13.2 Å². The average molecular weight is 348 g/mol. The van der Waals surface area contributed by atoms with Crippen LogP contribution in [0.3, 0.4) is 0 Å². The Balaban J connectivity index is 2.19. The van der Waals surface area contributed by atoms with Gasteiger partial charge in [0.05, 0.1) is 4.47 Å². The van der Waals surface area contributed by atoms with Crippen molar-refractivity contribution in [3.8, 4) is 17.2 Å². The zero-order valence-electron chi connectivity index (χ0n) is 10.2. The van der Waals surface area contributed by atoms with Gasteiger partial charge in [-0.15, -0.1) is 13.2 Å². The van der Waals surface area contributed by atoms with Gasteiger partial charge in [-0.2, -0.15) is 0 Å². The lowest BCUT2D eigenvalue weighted by molar-refractivity contribution is -0.274. The van der Waals surface area contributed by atoms with Crippen molar-refractivity contribution in [3.05, 3.63) is 46.7 Å². The first kappa shape index (κ1) is 14.6. The molecule has 0 aliphatic rings. The van der Waals surface area contributed by atoms with Crippen molar-refractivity contribution in [2.75, 3.05) is 0 Å². The van der Waals surface area contributed by atoms with E-state index in [0.29, 0.717) is 11.5 Å². The van der Waals surface area contributed by atoms with Crippen LogP contribution in [0, 0.1) is 6.92 Å². The third-order valence-electron chi connectivity index (χ3n) is 2.33. The largest absolute Gasteiger partial charge is 0.573 e. The Bertz CT molecular complexity index is 617. The summed E-state index contributed by atoms with van der Waals surface area (Å²) in [5, 5.41) is 0. The summed E-state index contributed by atoms with van der Waals surface area (Å²) in [5.41, 5.74) is 0.819. The molecule has 2 rings (SSSR count). The molecule has 0 radical (unpaired) electrons. The number of pyridine rings is 1. The fraction of sp³-hybridized carbons (Fsp3) is 0.154. The molecule has 7 heteroatoms. The molecular formula is C13H9BrF3NO2. The second kappa shape index (κ2) is 5.70. The maximum Gasteiger partial charge on any atom is 0.573 e. The smallest absolute Gasteiger partial charge is 0.457 e. The molecule has 2 aromatic rings. The Hall–Kier alpha value is -1.76. The van der Waals surface area contributed by atoms with E-state index in [9.17, 15) is 13.2 Å². The number of rotatable bonds is 3. The molecule has 0 fully saturated rings. The van der Waals surface area contributed by atoms with E-state index in [0.717, 1.165) is 5.56 Å². The molecule has 0 N–H and O–H groups in total. The fourth-order valence-electron chi connectivity index (χ4n) is 1.45. The van der Waals surface area contributed by atoms with Gasteiger partial charge in [0.1, 0.15) is 17.2 Å². The summed E-state index contributed by atoms with van der Waals surface area (Å²) in [4.78, 5) is 3.92. The first-order valence-corrected chi connectivity index (χ1v) is 6.28. The highest BCUT2D eigenvalue weighted by atomic mass is 79.9. The zero-order valence-corrected chi connectivity index (χ0v) is 11.8. The van der Waals surface area contributed by atoms with Gasteiger partial charge in [0, 0.05) is 18.0 Å². The molecule has 1 heterocycles.